The smallest absolute Gasteiger partial charge is 0.251 e. The molecule has 0 aliphatic heterocycles. The Morgan fingerprint density at radius 3 is 2.48 bits per heavy atom. The third-order valence-corrected chi connectivity index (χ3v) is 5.51. The Labute approximate surface area is 172 Å². The molecule has 0 aliphatic carbocycles. The maximum Gasteiger partial charge on any atom is 0.251 e. The number of nitrogens with one attached hydrogen (secondary N) is 1. The number of hydrogen-bond donors (Lipinski definition) is 1. The molecule has 0 atom stereocenters. The summed E-state index contributed by atoms with van der Waals surface area (Å²) in [5, 5.41) is 8.34. The predicted octanol–water partition coefficient (Wildman–Crippen LogP) is 4.88. The highest BCUT2D eigenvalue weighted by Crippen LogP contribution is 2.18. The van der Waals surface area contributed by atoms with Crippen molar-refractivity contribution < 1.29 is 9.18 Å². The molecule has 0 unspecified atom stereocenters. The van der Waals surface area contributed by atoms with E-state index in [2.05, 4.69) is 10.4 Å². The third kappa shape index (κ3) is 4.49. The Bertz CT molecular complexity index is 1140. The van der Waals surface area contributed by atoms with Crippen molar-refractivity contribution in [2.75, 3.05) is 6.26 Å². The molecule has 4 rings (SSSR count). The number of carbonyl (C=O) groups is 1. The van der Waals surface area contributed by atoms with Crippen molar-refractivity contribution in [1.82, 2.24) is 15.1 Å². The van der Waals surface area contributed by atoms with Crippen molar-refractivity contribution in [3.8, 4) is 0 Å². The van der Waals surface area contributed by atoms with Gasteiger partial charge in [-0.3, -0.25) is 9.48 Å². The molecule has 1 amide bonds. The molecule has 0 spiro atoms. The molecule has 4 nitrogen and oxygen atoms in total. The van der Waals surface area contributed by atoms with E-state index in [0.29, 0.717) is 18.7 Å². The molecule has 0 bridgehead atoms. The maximum atomic E-state index is 13.1. The maximum absolute atomic E-state index is 13.1. The van der Waals surface area contributed by atoms with Crippen LogP contribution in [0.5, 0.6) is 0 Å². The third-order valence-electron chi connectivity index (χ3n) is 4.76. The van der Waals surface area contributed by atoms with Crippen LogP contribution in [0.25, 0.3) is 10.9 Å². The van der Waals surface area contributed by atoms with Crippen LogP contribution >= 0.6 is 11.8 Å². The zero-order valence-electron chi connectivity index (χ0n) is 15.9. The highest BCUT2D eigenvalue weighted by atomic mass is 32.2. The summed E-state index contributed by atoms with van der Waals surface area (Å²) in [6.07, 6.45) is 3.81. The Hall–Kier alpha value is -3.12. The van der Waals surface area contributed by atoms with Crippen molar-refractivity contribution in [1.29, 1.82) is 0 Å². The van der Waals surface area contributed by atoms with Gasteiger partial charge in [0.25, 0.3) is 5.91 Å². The lowest BCUT2D eigenvalue weighted by molar-refractivity contribution is 0.0951. The lowest BCUT2D eigenvalue weighted by Gasteiger charge is -2.08. The van der Waals surface area contributed by atoms with Crippen LogP contribution in [0.1, 0.15) is 21.5 Å². The molecule has 6 heteroatoms. The average Bonchev–Trinajstić information content (AvgIpc) is 3.16. The SMILES string of the molecule is CSc1ccc(CNC(=O)c2ccc3cnn(Cc4ccc(F)cc4)c3c2)cc1. The normalized spacial score (nSPS) is 11.0. The van der Waals surface area contributed by atoms with Gasteiger partial charge in [0, 0.05) is 22.4 Å². The lowest BCUT2D eigenvalue weighted by atomic mass is 10.1. The van der Waals surface area contributed by atoms with Gasteiger partial charge in [-0.25, -0.2) is 4.39 Å². The van der Waals surface area contributed by atoms with E-state index >= 15 is 0 Å². The zero-order chi connectivity index (χ0) is 20.2. The van der Waals surface area contributed by atoms with Gasteiger partial charge in [-0.05, 0) is 53.8 Å². The van der Waals surface area contributed by atoms with Gasteiger partial charge in [0.1, 0.15) is 5.82 Å². The summed E-state index contributed by atoms with van der Waals surface area (Å²) in [7, 11) is 0. The van der Waals surface area contributed by atoms with E-state index in [4.69, 9.17) is 0 Å². The fourth-order valence-corrected chi connectivity index (χ4v) is 3.54. The van der Waals surface area contributed by atoms with E-state index in [1.54, 1.807) is 36.2 Å². The van der Waals surface area contributed by atoms with Gasteiger partial charge in [0.2, 0.25) is 0 Å². The van der Waals surface area contributed by atoms with E-state index in [9.17, 15) is 9.18 Å². The predicted molar refractivity (Wildman–Crippen MR) is 115 cm³/mol. The first-order chi connectivity index (χ1) is 14.1. The monoisotopic (exact) mass is 405 g/mol. The van der Waals surface area contributed by atoms with Crippen LogP contribution < -0.4 is 5.32 Å². The molecule has 29 heavy (non-hydrogen) atoms. The number of nitrogens with zero attached hydrogens (tertiary/aromatic N) is 2. The van der Waals surface area contributed by atoms with Gasteiger partial charge < -0.3 is 5.32 Å². The van der Waals surface area contributed by atoms with Crippen LogP contribution in [0.4, 0.5) is 4.39 Å². The number of aromatic nitrogens is 2. The van der Waals surface area contributed by atoms with Crippen LogP contribution in [-0.4, -0.2) is 21.9 Å². The standard InChI is InChI=1S/C23H20FN3OS/c1-29-21-10-4-16(5-11-21)13-25-23(28)18-6-7-19-14-26-27(22(19)12-18)15-17-2-8-20(24)9-3-17/h2-12,14H,13,15H2,1H3,(H,25,28). The Morgan fingerprint density at radius 1 is 1.03 bits per heavy atom. The minimum Gasteiger partial charge on any atom is -0.348 e. The van der Waals surface area contributed by atoms with Crippen LogP contribution in [0.3, 0.4) is 0 Å². The minimum atomic E-state index is -0.263. The lowest BCUT2D eigenvalue weighted by Crippen LogP contribution is -2.22. The number of amides is 1. The molecule has 0 fully saturated rings. The summed E-state index contributed by atoms with van der Waals surface area (Å²) in [5.74, 6) is -0.392. The second kappa shape index (κ2) is 8.49. The summed E-state index contributed by atoms with van der Waals surface area (Å²) in [4.78, 5) is 13.8. The Balaban J connectivity index is 1.49. The molecule has 146 valence electrons. The highest BCUT2D eigenvalue weighted by molar-refractivity contribution is 7.98. The van der Waals surface area contributed by atoms with Crippen LogP contribution in [0.2, 0.25) is 0 Å². The minimum absolute atomic E-state index is 0.129. The van der Waals surface area contributed by atoms with E-state index in [0.717, 1.165) is 22.0 Å². The number of fused-ring (bicyclic) bond motifs is 1. The Morgan fingerprint density at radius 2 is 1.76 bits per heavy atom. The fraction of sp³-hybridized carbons (Fsp3) is 0.130. The molecule has 0 radical (unpaired) electrons. The van der Waals surface area contributed by atoms with Crippen molar-refractivity contribution in [2.24, 2.45) is 0 Å². The van der Waals surface area contributed by atoms with Crippen LogP contribution in [0, 0.1) is 5.82 Å². The van der Waals surface area contributed by atoms with Crippen LogP contribution in [0.15, 0.2) is 77.8 Å². The second-order valence-corrected chi connectivity index (χ2v) is 7.61. The molecule has 0 saturated heterocycles. The first-order valence-electron chi connectivity index (χ1n) is 9.23. The summed E-state index contributed by atoms with van der Waals surface area (Å²) >= 11 is 1.69. The fourth-order valence-electron chi connectivity index (χ4n) is 3.13. The summed E-state index contributed by atoms with van der Waals surface area (Å²) in [6.45, 7) is 0.983. The number of hydrogen-bond acceptors (Lipinski definition) is 3. The molecular weight excluding hydrogens is 385 g/mol. The summed E-state index contributed by atoms with van der Waals surface area (Å²) in [5.41, 5.74) is 3.45. The highest BCUT2D eigenvalue weighted by Gasteiger charge is 2.10. The van der Waals surface area contributed by atoms with Crippen molar-refractivity contribution in [3.63, 3.8) is 0 Å². The molecule has 4 aromatic rings. The first-order valence-corrected chi connectivity index (χ1v) is 10.5. The summed E-state index contributed by atoms with van der Waals surface area (Å²) < 4.78 is 14.9. The molecule has 1 heterocycles. The Kier molecular flexibility index (Phi) is 5.62. The molecular formula is C23H20FN3OS. The van der Waals surface area contributed by atoms with E-state index in [1.165, 1.54) is 17.0 Å². The molecule has 3 aromatic carbocycles. The quantitative estimate of drug-likeness (QED) is 0.465. The molecule has 0 aliphatic rings. The van der Waals surface area contributed by atoms with Gasteiger partial charge in [0.05, 0.1) is 18.3 Å². The number of benzene rings is 3. The molecule has 0 saturated carbocycles. The molecule has 1 N–H and O–H groups in total. The number of rotatable bonds is 6. The van der Waals surface area contributed by atoms with Gasteiger partial charge >= 0.3 is 0 Å². The number of carbonyl (C=O) groups excluding carboxylic acids is 1. The summed E-state index contributed by atoms with van der Waals surface area (Å²) in [6, 6.07) is 20.0. The van der Waals surface area contributed by atoms with E-state index in [-0.39, 0.29) is 11.7 Å². The molecule has 1 aromatic heterocycles. The topological polar surface area (TPSA) is 46.9 Å². The van der Waals surface area contributed by atoms with Gasteiger partial charge in [-0.15, -0.1) is 11.8 Å². The average molecular weight is 405 g/mol. The first kappa shape index (κ1) is 19.2. The van der Waals surface area contributed by atoms with Gasteiger partial charge in [-0.1, -0.05) is 30.3 Å². The van der Waals surface area contributed by atoms with Crippen molar-refractivity contribution >= 4 is 28.6 Å². The van der Waals surface area contributed by atoms with Crippen LogP contribution in [-0.2, 0) is 13.1 Å². The number of thioether (sulfide) groups is 1. The number of halogens is 1. The van der Waals surface area contributed by atoms with E-state index in [1.807, 2.05) is 47.3 Å². The van der Waals surface area contributed by atoms with Gasteiger partial charge in [0.15, 0.2) is 0 Å². The van der Waals surface area contributed by atoms with Gasteiger partial charge in [-0.2, -0.15) is 5.10 Å². The van der Waals surface area contributed by atoms with E-state index < -0.39 is 0 Å². The van der Waals surface area contributed by atoms with Crippen molar-refractivity contribution in [3.05, 3.63) is 95.4 Å². The van der Waals surface area contributed by atoms with Crippen molar-refractivity contribution in [2.45, 2.75) is 18.0 Å². The largest absolute Gasteiger partial charge is 0.348 e. The zero-order valence-corrected chi connectivity index (χ0v) is 16.7. The second-order valence-electron chi connectivity index (χ2n) is 6.73.